The van der Waals surface area contributed by atoms with Crippen molar-refractivity contribution in [1.82, 2.24) is 0 Å². The Balaban J connectivity index is 2.39. The lowest BCUT2D eigenvalue weighted by Gasteiger charge is -2.08. The van der Waals surface area contributed by atoms with Crippen LogP contribution in [-0.4, -0.2) is 5.78 Å². The Kier molecular flexibility index (Phi) is 3.95. The molecule has 0 bridgehead atoms. The SMILES string of the molecule is Cc1cscc1C(=O)C(C#N)c1cccc(Br)c1. The molecule has 1 atom stereocenters. The summed E-state index contributed by atoms with van der Waals surface area (Å²) in [6.07, 6.45) is 0. The van der Waals surface area contributed by atoms with Crippen molar-refractivity contribution in [3.63, 3.8) is 0 Å². The fourth-order valence-corrected chi connectivity index (χ4v) is 2.99. The predicted molar refractivity (Wildman–Crippen MR) is 75.9 cm³/mol. The molecule has 0 saturated carbocycles. The lowest BCUT2D eigenvalue weighted by molar-refractivity contribution is 0.0979. The van der Waals surface area contributed by atoms with E-state index in [1.807, 2.05) is 30.5 Å². The highest BCUT2D eigenvalue weighted by Gasteiger charge is 2.23. The first-order valence-electron chi connectivity index (χ1n) is 5.35. The maximum absolute atomic E-state index is 12.3. The van der Waals surface area contributed by atoms with Crippen LogP contribution in [0, 0.1) is 18.3 Å². The molecule has 1 unspecified atom stereocenters. The molecule has 0 aliphatic carbocycles. The number of ketones is 1. The smallest absolute Gasteiger partial charge is 0.185 e. The van der Waals surface area contributed by atoms with Crippen molar-refractivity contribution >= 4 is 33.0 Å². The highest BCUT2D eigenvalue weighted by molar-refractivity contribution is 9.10. The number of halogens is 1. The van der Waals surface area contributed by atoms with E-state index in [0.717, 1.165) is 15.6 Å². The molecular formula is C14H10BrNOS. The zero-order chi connectivity index (χ0) is 13.1. The minimum Gasteiger partial charge on any atom is -0.292 e. The van der Waals surface area contributed by atoms with Gasteiger partial charge in [-0.05, 0) is 35.6 Å². The number of aryl methyl sites for hydroxylation is 1. The average Bonchev–Trinajstić information content (AvgIpc) is 2.76. The monoisotopic (exact) mass is 319 g/mol. The van der Waals surface area contributed by atoms with E-state index >= 15 is 0 Å². The summed E-state index contributed by atoms with van der Waals surface area (Å²) in [5.74, 6) is -0.870. The quantitative estimate of drug-likeness (QED) is 0.791. The summed E-state index contributed by atoms with van der Waals surface area (Å²) in [5, 5.41) is 13.0. The molecule has 2 nitrogen and oxygen atoms in total. The van der Waals surface area contributed by atoms with Gasteiger partial charge in [-0.3, -0.25) is 4.79 Å². The van der Waals surface area contributed by atoms with E-state index in [9.17, 15) is 10.1 Å². The van der Waals surface area contributed by atoms with Crippen LogP contribution in [0.2, 0.25) is 0 Å². The highest BCUT2D eigenvalue weighted by atomic mass is 79.9. The molecule has 4 heteroatoms. The summed E-state index contributed by atoms with van der Waals surface area (Å²) >= 11 is 4.83. The van der Waals surface area contributed by atoms with Crippen LogP contribution in [0.25, 0.3) is 0 Å². The van der Waals surface area contributed by atoms with Crippen LogP contribution in [0.15, 0.2) is 39.5 Å². The van der Waals surface area contributed by atoms with E-state index < -0.39 is 5.92 Å². The van der Waals surface area contributed by atoms with E-state index in [4.69, 9.17) is 0 Å². The Morgan fingerprint density at radius 3 is 2.78 bits per heavy atom. The topological polar surface area (TPSA) is 40.9 Å². The summed E-state index contributed by atoms with van der Waals surface area (Å²) in [4.78, 5) is 12.3. The number of nitrogens with zero attached hydrogens (tertiary/aromatic N) is 1. The maximum Gasteiger partial charge on any atom is 0.185 e. The molecule has 0 saturated heterocycles. The summed E-state index contributed by atoms with van der Waals surface area (Å²) in [7, 11) is 0. The largest absolute Gasteiger partial charge is 0.292 e. The minimum absolute atomic E-state index is 0.130. The van der Waals surface area contributed by atoms with Crippen LogP contribution in [0.4, 0.5) is 0 Å². The molecule has 2 aromatic rings. The molecule has 1 aromatic heterocycles. The van der Waals surface area contributed by atoms with E-state index in [2.05, 4.69) is 22.0 Å². The highest BCUT2D eigenvalue weighted by Crippen LogP contribution is 2.26. The third kappa shape index (κ3) is 2.53. The lowest BCUT2D eigenvalue weighted by atomic mass is 9.92. The minimum atomic E-state index is -0.740. The normalized spacial score (nSPS) is 11.8. The standard InChI is InChI=1S/C14H10BrNOS/c1-9-7-18-8-13(9)14(17)12(6-16)10-3-2-4-11(15)5-10/h2-5,7-8,12H,1H3. The summed E-state index contributed by atoms with van der Waals surface area (Å²) in [6, 6.07) is 9.42. The number of hydrogen-bond donors (Lipinski definition) is 0. The van der Waals surface area contributed by atoms with Gasteiger partial charge < -0.3 is 0 Å². The Morgan fingerprint density at radius 2 is 2.22 bits per heavy atom. The van der Waals surface area contributed by atoms with Gasteiger partial charge in [0, 0.05) is 15.4 Å². The van der Waals surface area contributed by atoms with Gasteiger partial charge in [0.1, 0.15) is 5.92 Å². The van der Waals surface area contributed by atoms with Crippen LogP contribution in [-0.2, 0) is 0 Å². The zero-order valence-electron chi connectivity index (χ0n) is 9.68. The number of benzene rings is 1. The van der Waals surface area contributed by atoms with Gasteiger partial charge in [-0.25, -0.2) is 0 Å². The van der Waals surface area contributed by atoms with E-state index in [-0.39, 0.29) is 5.78 Å². The summed E-state index contributed by atoms with van der Waals surface area (Å²) < 4.78 is 0.870. The molecule has 0 fully saturated rings. The number of carbonyl (C=O) groups is 1. The van der Waals surface area contributed by atoms with Gasteiger partial charge in [-0.2, -0.15) is 16.6 Å². The van der Waals surface area contributed by atoms with Crippen LogP contribution >= 0.6 is 27.3 Å². The van der Waals surface area contributed by atoms with Gasteiger partial charge in [-0.15, -0.1) is 0 Å². The average molecular weight is 320 g/mol. The Labute approximate surface area is 118 Å². The molecule has 90 valence electrons. The van der Waals surface area contributed by atoms with Gasteiger partial charge in [0.05, 0.1) is 6.07 Å². The second kappa shape index (κ2) is 5.47. The number of hydrogen-bond acceptors (Lipinski definition) is 3. The van der Waals surface area contributed by atoms with Crippen molar-refractivity contribution in [3.05, 3.63) is 56.2 Å². The van der Waals surface area contributed by atoms with Gasteiger partial charge in [0.2, 0.25) is 0 Å². The molecule has 18 heavy (non-hydrogen) atoms. The van der Waals surface area contributed by atoms with E-state index in [1.165, 1.54) is 11.3 Å². The number of thiophene rings is 1. The van der Waals surface area contributed by atoms with Crippen molar-refractivity contribution in [3.8, 4) is 6.07 Å². The van der Waals surface area contributed by atoms with Gasteiger partial charge in [0.15, 0.2) is 5.78 Å². The first-order valence-corrected chi connectivity index (χ1v) is 7.09. The predicted octanol–water partition coefficient (Wildman–Crippen LogP) is 4.31. The fraction of sp³-hybridized carbons (Fsp3) is 0.143. The lowest BCUT2D eigenvalue weighted by Crippen LogP contribution is -2.11. The number of nitriles is 1. The van der Waals surface area contributed by atoms with Gasteiger partial charge >= 0.3 is 0 Å². The molecular weight excluding hydrogens is 310 g/mol. The molecule has 0 amide bonds. The van der Waals surface area contributed by atoms with Crippen molar-refractivity contribution in [2.75, 3.05) is 0 Å². The maximum atomic E-state index is 12.3. The number of carbonyl (C=O) groups excluding carboxylic acids is 1. The summed E-state index contributed by atoms with van der Waals surface area (Å²) in [6.45, 7) is 1.89. The van der Waals surface area contributed by atoms with Gasteiger partial charge in [-0.1, -0.05) is 28.1 Å². The molecule has 1 aromatic carbocycles. The van der Waals surface area contributed by atoms with E-state index in [0.29, 0.717) is 5.56 Å². The van der Waals surface area contributed by atoms with Crippen molar-refractivity contribution in [2.45, 2.75) is 12.8 Å². The third-order valence-electron chi connectivity index (χ3n) is 2.69. The fourth-order valence-electron chi connectivity index (χ4n) is 1.74. The van der Waals surface area contributed by atoms with Crippen molar-refractivity contribution < 1.29 is 4.79 Å². The molecule has 0 aliphatic heterocycles. The molecule has 2 rings (SSSR count). The third-order valence-corrected chi connectivity index (χ3v) is 4.05. The Bertz CT molecular complexity index is 627. The Morgan fingerprint density at radius 1 is 1.44 bits per heavy atom. The molecule has 1 heterocycles. The molecule has 0 N–H and O–H groups in total. The number of Topliss-reactive ketones (excluding diaryl/α,β-unsaturated/α-hetero) is 1. The molecule has 0 aliphatic rings. The van der Waals surface area contributed by atoms with Gasteiger partial charge in [0.25, 0.3) is 0 Å². The second-order valence-corrected chi connectivity index (χ2v) is 5.61. The molecule has 0 radical (unpaired) electrons. The van der Waals surface area contributed by atoms with Crippen molar-refractivity contribution in [1.29, 1.82) is 5.26 Å². The van der Waals surface area contributed by atoms with Crippen LogP contribution < -0.4 is 0 Å². The second-order valence-electron chi connectivity index (χ2n) is 3.95. The van der Waals surface area contributed by atoms with Crippen molar-refractivity contribution in [2.24, 2.45) is 0 Å². The first-order chi connectivity index (χ1) is 8.63. The summed E-state index contributed by atoms with van der Waals surface area (Å²) in [5.41, 5.74) is 2.30. The zero-order valence-corrected chi connectivity index (χ0v) is 12.1. The van der Waals surface area contributed by atoms with E-state index in [1.54, 1.807) is 11.4 Å². The first kappa shape index (κ1) is 13.0. The van der Waals surface area contributed by atoms with Crippen LogP contribution in [0.1, 0.15) is 27.4 Å². The van der Waals surface area contributed by atoms with Crippen LogP contribution in [0.3, 0.4) is 0 Å². The van der Waals surface area contributed by atoms with Crippen LogP contribution in [0.5, 0.6) is 0 Å². The molecule has 0 spiro atoms. The number of rotatable bonds is 3. The Hall–Kier alpha value is -1.44.